The van der Waals surface area contributed by atoms with Gasteiger partial charge in [0.1, 0.15) is 17.2 Å². The Balaban J connectivity index is 1.01. The number of carbonyl (C=O) groups is 3. The number of anilines is 1. The second kappa shape index (κ2) is 15.5. The molecule has 270 valence electrons. The van der Waals surface area contributed by atoms with Crippen LogP contribution in [0.5, 0.6) is 11.5 Å². The van der Waals surface area contributed by atoms with Crippen molar-refractivity contribution in [2.45, 2.75) is 44.1 Å². The predicted octanol–water partition coefficient (Wildman–Crippen LogP) is 2.69. The number of hydrogen-bond acceptors (Lipinski definition) is 10. The number of nitrogens with zero attached hydrogens (tertiary/aromatic N) is 4. The van der Waals surface area contributed by atoms with Crippen LogP contribution >= 0.6 is 0 Å². The van der Waals surface area contributed by atoms with Crippen LogP contribution in [0.1, 0.15) is 59.8 Å². The van der Waals surface area contributed by atoms with Crippen molar-refractivity contribution < 1.29 is 23.9 Å². The van der Waals surface area contributed by atoms with Gasteiger partial charge in [-0.2, -0.15) is 0 Å². The fraction of sp³-hybridized carbons (Fsp3) is 0.447. The van der Waals surface area contributed by atoms with Gasteiger partial charge in [0.05, 0.1) is 32.2 Å². The van der Waals surface area contributed by atoms with E-state index in [-0.39, 0.29) is 34.9 Å². The van der Waals surface area contributed by atoms with Crippen LogP contribution in [0.25, 0.3) is 11.1 Å². The summed E-state index contributed by atoms with van der Waals surface area (Å²) in [5, 5.41) is 10.3. The van der Waals surface area contributed by atoms with Gasteiger partial charge < -0.3 is 30.1 Å². The van der Waals surface area contributed by atoms with E-state index in [0.29, 0.717) is 80.7 Å². The Morgan fingerprint density at radius 3 is 2.14 bits per heavy atom. The van der Waals surface area contributed by atoms with E-state index in [1.54, 1.807) is 27.5 Å². The van der Waals surface area contributed by atoms with Gasteiger partial charge in [0, 0.05) is 69.7 Å². The molecule has 3 aliphatic rings. The Bertz CT molecular complexity index is 1830. The van der Waals surface area contributed by atoms with Gasteiger partial charge in [0.2, 0.25) is 17.7 Å². The molecule has 3 aromatic rings. The van der Waals surface area contributed by atoms with Gasteiger partial charge in [-0.3, -0.25) is 34.3 Å². The summed E-state index contributed by atoms with van der Waals surface area (Å²) >= 11 is 0. The molecule has 3 fully saturated rings. The van der Waals surface area contributed by atoms with E-state index >= 15 is 0 Å². The third-order valence-electron chi connectivity index (χ3n) is 10.6. The highest BCUT2D eigenvalue weighted by Gasteiger charge is 2.30. The summed E-state index contributed by atoms with van der Waals surface area (Å²) in [6.45, 7) is 5.40. The largest absolute Gasteiger partial charge is 0.496 e. The summed E-state index contributed by atoms with van der Waals surface area (Å²) in [7, 11) is 4.84. The van der Waals surface area contributed by atoms with Crippen LogP contribution in [0, 0.1) is 5.41 Å². The molecule has 2 aromatic carbocycles. The number of benzene rings is 2. The normalized spacial score (nSPS) is 19.1. The number of nitrogens with two attached hydrogens (primary N) is 1. The second-order valence-electron chi connectivity index (χ2n) is 13.7. The number of aryl methyl sites for hydroxylation is 1. The monoisotopic (exact) mass is 697 g/mol. The van der Waals surface area contributed by atoms with Crippen molar-refractivity contribution in [3.8, 4) is 22.6 Å². The maximum absolute atomic E-state index is 13.3. The highest BCUT2D eigenvalue weighted by Crippen LogP contribution is 2.38. The van der Waals surface area contributed by atoms with Crippen LogP contribution in [0.3, 0.4) is 0 Å². The van der Waals surface area contributed by atoms with Gasteiger partial charge in [-0.05, 0) is 67.1 Å². The highest BCUT2D eigenvalue weighted by molar-refractivity contribution is 6.01. The molecule has 3 saturated heterocycles. The molecule has 3 aliphatic heterocycles. The Labute approximate surface area is 297 Å². The smallest absolute Gasteiger partial charge is 0.274 e. The van der Waals surface area contributed by atoms with E-state index in [0.717, 1.165) is 48.8 Å². The van der Waals surface area contributed by atoms with E-state index in [2.05, 4.69) is 27.2 Å². The number of pyridine rings is 1. The minimum atomic E-state index is -0.359. The fourth-order valence-electron chi connectivity index (χ4n) is 7.56. The number of hydrogen-bond donors (Lipinski definition) is 3. The first-order valence-electron chi connectivity index (χ1n) is 17.5. The van der Waals surface area contributed by atoms with E-state index in [4.69, 9.17) is 20.6 Å². The second-order valence-corrected chi connectivity index (χ2v) is 13.7. The Hall–Kier alpha value is -5.01. The molecule has 0 aliphatic carbocycles. The molecular formula is C38H47N7O6. The molecular weight excluding hydrogens is 650 g/mol. The highest BCUT2D eigenvalue weighted by atomic mass is 16.5. The van der Waals surface area contributed by atoms with Crippen molar-refractivity contribution in [3.05, 3.63) is 75.2 Å². The lowest BCUT2D eigenvalue weighted by Gasteiger charge is -2.37. The average Bonchev–Trinajstić information content (AvgIpc) is 3.14. The lowest BCUT2D eigenvalue weighted by molar-refractivity contribution is -0.135. The van der Waals surface area contributed by atoms with Crippen LogP contribution in [0.4, 0.5) is 5.69 Å². The van der Waals surface area contributed by atoms with Crippen LogP contribution < -0.4 is 26.1 Å². The Kier molecular flexibility index (Phi) is 10.9. The molecule has 4 heterocycles. The third kappa shape index (κ3) is 7.69. The minimum Gasteiger partial charge on any atom is -0.496 e. The Morgan fingerprint density at radius 2 is 1.55 bits per heavy atom. The number of nitrogens with one attached hydrogen (secondary N) is 2. The zero-order valence-corrected chi connectivity index (χ0v) is 29.6. The van der Waals surface area contributed by atoms with Crippen LogP contribution in [-0.2, 0) is 28.0 Å². The molecule has 13 heteroatoms. The topological polar surface area (TPSA) is 163 Å². The average molecular weight is 698 g/mol. The number of likely N-dealkylation sites (tertiary alicyclic amines) is 1. The number of methoxy groups -OCH3 is 2. The van der Waals surface area contributed by atoms with Crippen molar-refractivity contribution in [3.63, 3.8) is 0 Å². The predicted molar refractivity (Wildman–Crippen MR) is 194 cm³/mol. The molecule has 0 radical (unpaired) electrons. The molecule has 1 unspecified atom stereocenters. The number of imide groups is 1. The van der Waals surface area contributed by atoms with Gasteiger partial charge in [-0.25, -0.2) is 0 Å². The number of aromatic nitrogens is 1. The quantitative estimate of drug-likeness (QED) is 0.214. The fourth-order valence-corrected chi connectivity index (χ4v) is 7.56. The molecule has 0 spiro atoms. The maximum atomic E-state index is 13.3. The van der Waals surface area contributed by atoms with Gasteiger partial charge in [-0.15, -0.1) is 0 Å². The lowest BCUT2D eigenvalue weighted by atomic mass is 9.86. The van der Waals surface area contributed by atoms with E-state index in [1.807, 2.05) is 29.2 Å². The maximum Gasteiger partial charge on any atom is 0.274 e. The van der Waals surface area contributed by atoms with Crippen LogP contribution in [0.15, 0.2) is 47.4 Å². The molecule has 4 N–H and O–H groups in total. The van der Waals surface area contributed by atoms with Crippen molar-refractivity contribution in [2.75, 3.05) is 65.8 Å². The summed E-state index contributed by atoms with van der Waals surface area (Å²) in [6.07, 6.45) is 5.62. The molecule has 1 aromatic heterocycles. The number of amides is 3. The van der Waals surface area contributed by atoms with E-state index in [9.17, 15) is 19.2 Å². The van der Waals surface area contributed by atoms with Crippen molar-refractivity contribution in [1.82, 2.24) is 24.6 Å². The summed E-state index contributed by atoms with van der Waals surface area (Å²) in [6, 6.07) is 12.0. The lowest BCUT2D eigenvalue weighted by Crippen LogP contribution is -2.51. The standard InChI is InChI=1S/C38H47N7O6/c1-42-21-30(29(20-39)36(40)38(42)49)27-18-32(50-2)31(33(19-27)51-3)22-44-14-16-45(17-15-44)35(47)23-43-12-10-25(11-13-43)24-4-6-26(7-5-24)28-8-9-34(46)41-37(28)48/h4-7,18-21,25,28,39H,8-17,22-23,40H2,1-3H3,(H,41,46,48). The number of ether oxygens (including phenoxy) is 2. The number of piperazine rings is 1. The van der Waals surface area contributed by atoms with Crippen LogP contribution in [-0.4, -0.2) is 103 Å². The van der Waals surface area contributed by atoms with Crippen molar-refractivity contribution in [2.24, 2.45) is 7.05 Å². The SMILES string of the molecule is COc1cc(-c2cn(C)c(=O)c(N)c2C=N)cc(OC)c1CN1CCN(C(=O)CN2CCC(c3ccc(C4CCC(=O)NC4=O)cc3)CC2)CC1. The third-order valence-corrected chi connectivity index (χ3v) is 10.6. The summed E-state index contributed by atoms with van der Waals surface area (Å²) in [5.74, 6) is 1.13. The number of piperidine rings is 2. The summed E-state index contributed by atoms with van der Waals surface area (Å²) in [4.78, 5) is 56.0. The first kappa shape index (κ1) is 35.8. The van der Waals surface area contributed by atoms with E-state index < -0.39 is 0 Å². The number of rotatable bonds is 10. The molecule has 13 nitrogen and oxygen atoms in total. The van der Waals surface area contributed by atoms with Crippen molar-refractivity contribution >= 4 is 29.6 Å². The first-order valence-corrected chi connectivity index (χ1v) is 17.5. The molecule has 3 amide bonds. The van der Waals surface area contributed by atoms with Gasteiger partial charge in [0.15, 0.2) is 0 Å². The van der Waals surface area contributed by atoms with E-state index in [1.165, 1.54) is 10.1 Å². The van der Waals surface area contributed by atoms with Crippen molar-refractivity contribution in [1.29, 1.82) is 5.41 Å². The van der Waals surface area contributed by atoms with Gasteiger partial charge in [-0.1, -0.05) is 24.3 Å². The van der Waals surface area contributed by atoms with Gasteiger partial charge in [0.25, 0.3) is 5.56 Å². The number of carbonyl (C=O) groups excluding carboxylic acids is 3. The molecule has 6 rings (SSSR count). The molecule has 51 heavy (non-hydrogen) atoms. The minimum absolute atomic E-state index is 0.0135. The van der Waals surface area contributed by atoms with Gasteiger partial charge >= 0.3 is 0 Å². The molecule has 0 saturated carbocycles. The first-order chi connectivity index (χ1) is 24.6. The zero-order valence-electron chi connectivity index (χ0n) is 29.6. The molecule has 1 atom stereocenters. The summed E-state index contributed by atoms with van der Waals surface area (Å²) in [5.41, 5.74) is 10.5. The molecule has 0 bridgehead atoms. The Morgan fingerprint density at radius 1 is 0.922 bits per heavy atom. The number of nitrogen functional groups attached to an aromatic ring is 1. The zero-order chi connectivity index (χ0) is 36.2. The summed E-state index contributed by atoms with van der Waals surface area (Å²) < 4.78 is 13.0. The van der Waals surface area contributed by atoms with Crippen LogP contribution in [0.2, 0.25) is 0 Å².